The molecule has 0 amide bonds. The Hall–Kier alpha value is -3.32. The summed E-state index contributed by atoms with van der Waals surface area (Å²) >= 11 is 0.814. The van der Waals surface area contributed by atoms with Crippen molar-refractivity contribution >= 4 is 22.8 Å². The predicted molar refractivity (Wildman–Crippen MR) is 177 cm³/mol. The van der Waals surface area contributed by atoms with Gasteiger partial charge in [0, 0.05) is 11.6 Å². The van der Waals surface area contributed by atoms with Crippen LogP contribution in [0, 0.1) is 5.82 Å². The van der Waals surface area contributed by atoms with Crippen LogP contribution in [0.4, 0.5) is 4.39 Å². The number of hydrogen-bond donors (Lipinski definition) is 0. The van der Waals surface area contributed by atoms with Crippen molar-refractivity contribution in [2.75, 3.05) is 6.61 Å². The molecule has 7 heteroatoms. The van der Waals surface area contributed by atoms with E-state index >= 15 is 0 Å². The van der Waals surface area contributed by atoms with Crippen LogP contribution in [0.15, 0.2) is 71.6 Å². The molecular weight excluding hydrogens is 575 g/mol. The van der Waals surface area contributed by atoms with Gasteiger partial charge >= 0.3 is 5.97 Å². The third-order valence-electron chi connectivity index (χ3n) is 7.52. The zero-order valence-electron chi connectivity index (χ0n) is 26.6. The summed E-state index contributed by atoms with van der Waals surface area (Å²) in [7, 11) is 0. The fourth-order valence-electron chi connectivity index (χ4n) is 4.73. The second-order valence-corrected chi connectivity index (χ2v) is 12.1. The Morgan fingerprint density at radius 3 is 1.91 bits per heavy atom. The second kappa shape index (κ2) is 19.1. The average molecular weight is 623 g/mol. The van der Waals surface area contributed by atoms with Gasteiger partial charge in [-0.1, -0.05) is 90.0 Å². The maximum Gasteiger partial charge on any atom is 0.347 e. The van der Waals surface area contributed by atoms with Crippen molar-refractivity contribution in [1.82, 2.24) is 0 Å². The first-order valence-corrected chi connectivity index (χ1v) is 16.9. The summed E-state index contributed by atoms with van der Waals surface area (Å²) in [5.41, 5.74) is 2.47. The highest BCUT2D eigenvalue weighted by molar-refractivity contribution is 8.14. The van der Waals surface area contributed by atoms with Crippen molar-refractivity contribution in [2.45, 2.75) is 109 Å². The Morgan fingerprint density at radius 2 is 1.32 bits per heavy atom. The van der Waals surface area contributed by atoms with Gasteiger partial charge in [0.1, 0.15) is 23.4 Å². The number of halogens is 1. The molecule has 0 aliphatic rings. The molecule has 0 radical (unpaired) electrons. The van der Waals surface area contributed by atoms with Crippen molar-refractivity contribution in [3.05, 3.63) is 78.1 Å². The van der Waals surface area contributed by atoms with Crippen molar-refractivity contribution in [1.29, 1.82) is 0 Å². The molecule has 3 rings (SSSR count). The van der Waals surface area contributed by atoms with E-state index in [2.05, 4.69) is 6.92 Å². The Labute approximate surface area is 266 Å². The van der Waals surface area contributed by atoms with Crippen LogP contribution in [0.5, 0.6) is 11.5 Å². The largest absolute Gasteiger partial charge is 0.494 e. The molecule has 0 aliphatic carbocycles. The molecule has 0 N–H and O–H groups in total. The van der Waals surface area contributed by atoms with E-state index in [4.69, 9.17) is 14.2 Å². The number of thioether (sulfide) groups is 1. The summed E-state index contributed by atoms with van der Waals surface area (Å²) in [4.78, 5) is 25.3. The number of ether oxygens (including phenoxy) is 3. The monoisotopic (exact) mass is 622 g/mol. The zero-order valence-corrected chi connectivity index (χ0v) is 27.4. The molecule has 0 bridgehead atoms. The van der Waals surface area contributed by atoms with Crippen LogP contribution in [-0.2, 0) is 9.53 Å². The first-order valence-electron chi connectivity index (χ1n) is 16.1. The van der Waals surface area contributed by atoms with Gasteiger partial charge < -0.3 is 14.2 Å². The van der Waals surface area contributed by atoms with Crippen molar-refractivity contribution in [2.24, 2.45) is 0 Å². The van der Waals surface area contributed by atoms with Crippen LogP contribution in [-0.4, -0.2) is 29.9 Å². The third-order valence-corrected chi connectivity index (χ3v) is 8.49. The summed E-state index contributed by atoms with van der Waals surface area (Å²) in [6.07, 6.45) is 10.6. The molecule has 5 nitrogen and oxygen atoms in total. The highest BCUT2D eigenvalue weighted by Crippen LogP contribution is 2.30. The van der Waals surface area contributed by atoms with E-state index in [-0.39, 0.29) is 21.9 Å². The lowest BCUT2D eigenvalue weighted by molar-refractivity contribution is -0.157. The Morgan fingerprint density at radius 1 is 0.750 bits per heavy atom. The highest BCUT2D eigenvalue weighted by Gasteiger charge is 2.21. The van der Waals surface area contributed by atoms with E-state index in [0.29, 0.717) is 18.4 Å². The minimum atomic E-state index is -0.878. The highest BCUT2D eigenvalue weighted by atomic mass is 32.2. The summed E-state index contributed by atoms with van der Waals surface area (Å²) in [6, 6.07) is 19.5. The molecule has 0 aromatic heterocycles. The number of carbonyl (C=O) groups is 2. The van der Waals surface area contributed by atoms with Crippen LogP contribution in [0.25, 0.3) is 11.1 Å². The van der Waals surface area contributed by atoms with Gasteiger partial charge in [0.25, 0.3) is 0 Å². The number of rotatable bonds is 19. The molecule has 1 atom stereocenters. The molecule has 0 fully saturated rings. The van der Waals surface area contributed by atoms with Gasteiger partial charge in [-0.05, 0) is 85.5 Å². The maximum atomic E-state index is 14.8. The number of carbonyl (C=O) groups excluding carboxylic acids is 2. The molecule has 0 saturated heterocycles. The SMILES string of the molecule is CCCCCCCCCCOc1ccc(-c2ccc(C(=O)Sc3ccc(OC(C)C(=O)OC(CC)CC)cc3F)cc2)cc1. The Balaban J connectivity index is 1.46. The Kier molecular flexibility index (Phi) is 15.3. The van der Waals surface area contributed by atoms with E-state index < -0.39 is 17.9 Å². The van der Waals surface area contributed by atoms with Crippen LogP contribution in [0.3, 0.4) is 0 Å². The molecule has 0 heterocycles. The van der Waals surface area contributed by atoms with Gasteiger partial charge in [0.2, 0.25) is 5.12 Å². The molecule has 0 aliphatic heterocycles. The number of benzene rings is 3. The minimum Gasteiger partial charge on any atom is -0.494 e. The first kappa shape index (κ1) is 35.2. The van der Waals surface area contributed by atoms with Gasteiger partial charge in [-0.2, -0.15) is 0 Å². The number of esters is 1. The van der Waals surface area contributed by atoms with Crippen molar-refractivity contribution < 1.29 is 28.2 Å². The van der Waals surface area contributed by atoms with E-state index in [1.807, 2.05) is 50.2 Å². The smallest absolute Gasteiger partial charge is 0.347 e. The van der Waals surface area contributed by atoms with Crippen LogP contribution >= 0.6 is 11.8 Å². The van der Waals surface area contributed by atoms with E-state index in [9.17, 15) is 14.0 Å². The normalized spacial score (nSPS) is 11.8. The quantitative estimate of drug-likeness (QED) is 0.0753. The molecule has 44 heavy (non-hydrogen) atoms. The third kappa shape index (κ3) is 11.6. The summed E-state index contributed by atoms with van der Waals surface area (Å²) in [6.45, 7) is 8.43. The van der Waals surface area contributed by atoms with Crippen LogP contribution in [0.2, 0.25) is 0 Å². The fraction of sp³-hybridized carbons (Fsp3) is 0.459. The maximum absolute atomic E-state index is 14.8. The molecule has 238 valence electrons. The molecular formula is C37H47FO5S. The summed E-state index contributed by atoms with van der Waals surface area (Å²) < 4.78 is 31.7. The van der Waals surface area contributed by atoms with Gasteiger partial charge in [0.05, 0.1) is 11.5 Å². The lowest BCUT2D eigenvalue weighted by atomic mass is 10.0. The van der Waals surface area contributed by atoms with Gasteiger partial charge in [-0.15, -0.1) is 0 Å². The molecule has 0 spiro atoms. The van der Waals surface area contributed by atoms with E-state index in [0.717, 1.165) is 41.7 Å². The molecule has 3 aromatic carbocycles. The van der Waals surface area contributed by atoms with Crippen molar-refractivity contribution in [3.8, 4) is 22.6 Å². The topological polar surface area (TPSA) is 61.8 Å². The molecule has 3 aromatic rings. The first-order chi connectivity index (χ1) is 21.3. The fourth-order valence-corrected chi connectivity index (χ4v) is 5.48. The average Bonchev–Trinajstić information content (AvgIpc) is 3.04. The minimum absolute atomic E-state index is 0.168. The summed E-state index contributed by atoms with van der Waals surface area (Å²) in [5.74, 6) is -0.0334. The van der Waals surface area contributed by atoms with Crippen LogP contribution < -0.4 is 9.47 Å². The predicted octanol–water partition coefficient (Wildman–Crippen LogP) is 10.4. The molecule has 1 unspecified atom stereocenters. The van der Waals surface area contributed by atoms with Gasteiger partial charge in [0.15, 0.2) is 6.10 Å². The number of unbranched alkanes of at least 4 members (excludes halogenated alkanes) is 7. The molecule has 0 saturated carbocycles. The zero-order chi connectivity index (χ0) is 31.7. The van der Waals surface area contributed by atoms with Crippen LogP contribution in [0.1, 0.15) is 102 Å². The van der Waals surface area contributed by atoms with E-state index in [1.165, 1.54) is 57.1 Å². The van der Waals surface area contributed by atoms with Gasteiger partial charge in [-0.25, -0.2) is 9.18 Å². The lowest BCUT2D eigenvalue weighted by Crippen LogP contribution is -2.29. The second-order valence-electron chi connectivity index (χ2n) is 11.0. The van der Waals surface area contributed by atoms with Crippen molar-refractivity contribution in [3.63, 3.8) is 0 Å². The number of hydrogen-bond acceptors (Lipinski definition) is 6. The summed E-state index contributed by atoms with van der Waals surface area (Å²) in [5, 5.41) is -0.268. The van der Waals surface area contributed by atoms with E-state index in [1.54, 1.807) is 25.1 Å². The Bertz CT molecular complexity index is 1290. The standard InChI is InChI=1S/C37H47FO5S/c1-5-8-9-10-11-12-13-14-25-41-32-21-19-29(20-22-32)28-15-17-30(18-16-28)37(40)44-35-24-23-33(26-34(35)38)42-27(4)36(39)43-31(6-2)7-3/h15-24,26-27,31H,5-14,25H2,1-4H3. The van der Waals surface area contributed by atoms with Gasteiger partial charge in [-0.3, -0.25) is 4.79 Å². The lowest BCUT2D eigenvalue weighted by Gasteiger charge is -2.18.